The fourth-order valence-corrected chi connectivity index (χ4v) is 5.61. The van der Waals surface area contributed by atoms with Crippen molar-refractivity contribution in [2.24, 2.45) is 5.92 Å². The van der Waals surface area contributed by atoms with Crippen molar-refractivity contribution < 1.29 is 19.0 Å². The summed E-state index contributed by atoms with van der Waals surface area (Å²) < 4.78 is 18.8. The number of hydrogen-bond acceptors (Lipinski definition) is 5. The molecule has 1 aliphatic carbocycles. The van der Waals surface area contributed by atoms with Crippen molar-refractivity contribution >= 4 is 5.97 Å². The molecule has 5 heteroatoms. The van der Waals surface area contributed by atoms with Crippen molar-refractivity contribution in [2.75, 3.05) is 6.54 Å². The minimum absolute atomic E-state index is 0.0303. The Morgan fingerprint density at radius 3 is 2.45 bits per heavy atom. The van der Waals surface area contributed by atoms with Crippen LogP contribution in [0.25, 0.3) is 11.1 Å². The van der Waals surface area contributed by atoms with Gasteiger partial charge in [0.1, 0.15) is 12.2 Å². The number of likely N-dealkylation sites (tertiary alicyclic amines) is 1. The highest BCUT2D eigenvalue weighted by Gasteiger charge is 2.61. The third kappa shape index (κ3) is 3.69. The van der Waals surface area contributed by atoms with Gasteiger partial charge in [0.15, 0.2) is 5.79 Å². The molecule has 5 unspecified atom stereocenters. The van der Waals surface area contributed by atoms with E-state index in [1.54, 1.807) is 0 Å². The molecule has 1 saturated carbocycles. The molecule has 2 heterocycles. The number of piperidine rings is 1. The van der Waals surface area contributed by atoms with E-state index >= 15 is 0 Å². The SMILES string of the molecule is CC(C)N1CC(OC(=O)c2ccccc2-c2ccccc2)C2CC1C1OC(C)(C)OC21. The fraction of sp³-hybridized carbons (Fsp3) is 0.500. The number of ether oxygens (including phenoxy) is 3. The Bertz CT molecular complexity index is 957. The average Bonchev–Trinajstić information content (AvgIpc) is 3.22. The third-order valence-electron chi connectivity index (χ3n) is 6.93. The molecule has 164 valence electrons. The lowest BCUT2D eigenvalue weighted by molar-refractivity contribution is -0.177. The summed E-state index contributed by atoms with van der Waals surface area (Å²) in [7, 11) is 0. The summed E-state index contributed by atoms with van der Waals surface area (Å²) >= 11 is 0. The summed E-state index contributed by atoms with van der Waals surface area (Å²) in [6.07, 6.45) is 0.707. The summed E-state index contributed by atoms with van der Waals surface area (Å²) in [6, 6.07) is 18.3. The zero-order valence-corrected chi connectivity index (χ0v) is 18.7. The second-order valence-electron chi connectivity index (χ2n) is 9.68. The van der Waals surface area contributed by atoms with Crippen LogP contribution in [0.1, 0.15) is 44.5 Å². The Morgan fingerprint density at radius 2 is 1.71 bits per heavy atom. The van der Waals surface area contributed by atoms with Gasteiger partial charge in [-0.05, 0) is 51.3 Å². The van der Waals surface area contributed by atoms with E-state index in [4.69, 9.17) is 14.2 Å². The maximum atomic E-state index is 13.4. The summed E-state index contributed by atoms with van der Waals surface area (Å²) in [5, 5.41) is 0. The molecule has 0 radical (unpaired) electrons. The standard InChI is InChI=1S/C26H31NO4/c1-16(2)27-15-22(20-14-21(27)24-23(20)30-26(3,4)31-24)29-25(28)19-13-9-8-12-18(19)17-10-6-5-7-11-17/h5-13,16,20-24H,14-15H2,1-4H3. The number of esters is 1. The molecule has 0 spiro atoms. The lowest BCUT2D eigenvalue weighted by Gasteiger charge is -2.42. The van der Waals surface area contributed by atoms with Gasteiger partial charge in [-0.15, -0.1) is 0 Å². The van der Waals surface area contributed by atoms with Gasteiger partial charge in [-0.3, -0.25) is 4.90 Å². The van der Waals surface area contributed by atoms with E-state index in [1.807, 2.05) is 68.4 Å². The van der Waals surface area contributed by atoms with Gasteiger partial charge in [0.25, 0.3) is 0 Å². The largest absolute Gasteiger partial charge is 0.457 e. The Labute approximate surface area is 184 Å². The van der Waals surface area contributed by atoms with E-state index in [0.29, 0.717) is 24.2 Å². The maximum Gasteiger partial charge on any atom is 0.339 e. The van der Waals surface area contributed by atoms with Gasteiger partial charge in [-0.1, -0.05) is 48.5 Å². The second-order valence-corrected chi connectivity index (χ2v) is 9.68. The minimum atomic E-state index is -0.597. The molecule has 2 aliphatic heterocycles. The van der Waals surface area contributed by atoms with Gasteiger partial charge in [-0.25, -0.2) is 4.79 Å². The smallest absolute Gasteiger partial charge is 0.339 e. The monoisotopic (exact) mass is 421 g/mol. The van der Waals surface area contributed by atoms with Crippen LogP contribution >= 0.6 is 0 Å². The Balaban J connectivity index is 1.42. The van der Waals surface area contributed by atoms with Crippen molar-refractivity contribution in [2.45, 2.75) is 70.3 Å². The van der Waals surface area contributed by atoms with E-state index < -0.39 is 5.79 Å². The number of hydrogen-bond donors (Lipinski definition) is 0. The zero-order chi connectivity index (χ0) is 21.8. The van der Waals surface area contributed by atoms with Gasteiger partial charge in [0, 0.05) is 24.5 Å². The van der Waals surface area contributed by atoms with Crippen LogP contribution in [-0.2, 0) is 14.2 Å². The molecule has 2 saturated heterocycles. The quantitative estimate of drug-likeness (QED) is 0.680. The molecule has 3 fully saturated rings. The Morgan fingerprint density at radius 1 is 1.03 bits per heavy atom. The van der Waals surface area contributed by atoms with Crippen molar-refractivity contribution in [1.29, 1.82) is 0 Å². The van der Waals surface area contributed by atoms with E-state index in [2.05, 4.69) is 18.7 Å². The first kappa shape index (κ1) is 20.7. The number of nitrogens with zero attached hydrogens (tertiary/aromatic N) is 1. The van der Waals surface area contributed by atoms with Gasteiger partial charge in [0.05, 0.1) is 11.7 Å². The molecule has 31 heavy (non-hydrogen) atoms. The molecule has 3 aliphatic rings. The molecular formula is C26H31NO4. The molecule has 0 aromatic heterocycles. The van der Waals surface area contributed by atoms with Crippen molar-refractivity contribution in [3.63, 3.8) is 0 Å². The first-order chi connectivity index (χ1) is 14.8. The number of fused-ring (bicyclic) bond motifs is 5. The van der Waals surface area contributed by atoms with Crippen LogP contribution in [0.3, 0.4) is 0 Å². The number of benzene rings is 2. The van der Waals surface area contributed by atoms with E-state index in [1.165, 1.54) is 0 Å². The first-order valence-corrected chi connectivity index (χ1v) is 11.3. The topological polar surface area (TPSA) is 48.0 Å². The molecule has 2 aromatic carbocycles. The molecule has 5 nitrogen and oxygen atoms in total. The zero-order valence-electron chi connectivity index (χ0n) is 18.7. The number of rotatable bonds is 4. The second kappa shape index (κ2) is 7.73. The Hall–Kier alpha value is -2.21. The van der Waals surface area contributed by atoms with Gasteiger partial charge < -0.3 is 14.2 Å². The highest BCUT2D eigenvalue weighted by atomic mass is 16.8. The molecule has 0 N–H and O–H groups in total. The van der Waals surface area contributed by atoms with E-state index in [0.717, 1.165) is 17.5 Å². The van der Waals surface area contributed by atoms with E-state index in [9.17, 15) is 4.79 Å². The van der Waals surface area contributed by atoms with Crippen LogP contribution in [0.15, 0.2) is 54.6 Å². The third-order valence-corrected chi connectivity index (χ3v) is 6.93. The predicted molar refractivity (Wildman–Crippen MR) is 119 cm³/mol. The van der Waals surface area contributed by atoms with Gasteiger partial charge in [0.2, 0.25) is 0 Å². The minimum Gasteiger partial charge on any atom is -0.457 e. The van der Waals surface area contributed by atoms with Crippen LogP contribution in [0.4, 0.5) is 0 Å². The number of carbonyl (C=O) groups excluding carboxylic acids is 1. The van der Waals surface area contributed by atoms with Crippen molar-refractivity contribution in [1.82, 2.24) is 4.90 Å². The van der Waals surface area contributed by atoms with Crippen LogP contribution in [0.5, 0.6) is 0 Å². The average molecular weight is 422 g/mol. The fourth-order valence-electron chi connectivity index (χ4n) is 5.61. The van der Waals surface area contributed by atoms with Crippen molar-refractivity contribution in [3.8, 4) is 11.1 Å². The van der Waals surface area contributed by atoms with E-state index in [-0.39, 0.29) is 30.2 Å². The van der Waals surface area contributed by atoms with Gasteiger partial charge in [-0.2, -0.15) is 0 Å². The highest BCUT2D eigenvalue weighted by molar-refractivity contribution is 5.97. The van der Waals surface area contributed by atoms with Crippen LogP contribution in [0, 0.1) is 5.92 Å². The molecule has 2 bridgehead atoms. The lowest BCUT2D eigenvalue weighted by Crippen LogP contribution is -2.53. The molecule has 2 aromatic rings. The molecular weight excluding hydrogens is 390 g/mol. The highest BCUT2D eigenvalue weighted by Crippen LogP contribution is 2.48. The number of carbonyl (C=O) groups is 1. The van der Waals surface area contributed by atoms with Crippen LogP contribution < -0.4 is 0 Å². The van der Waals surface area contributed by atoms with Crippen LogP contribution in [-0.4, -0.2) is 53.6 Å². The predicted octanol–water partition coefficient (Wildman–Crippen LogP) is 4.51. The first-order valence-electron chi connectivity index (χ1n) is 11.3. The Kier molecular flexibility index (Phi) is 5.16. The summed E-state index contributed by atoms with van der Waals surface area (Å²) in [5.74, 6) is -0.714. The molecule has 0 amide bonds. The molecule has 5 rings (SSSR count). The summed E-state index contributed by atoms with van der Waals surface area (Å²) in [5.41, 5.74) is 2.51. The maximum absolute atomic E-state index is 13.4. The van der Waals surface area contributed by atoms with Crippen molar-refractivity contribution in [3.05, 3.63) is 60.2 Å². The summed E-state index contributed by atoms with van der Waals surface area (Å²) in [6.45, 7) is 9.04. The lowest BCUT2D eigenvalue weighted by atomic mass is 9.93. The normalized spacial score (nSPS) is 31.6. The molecule has 5 atom stereocenters. The van der Waals surface area contributed by atoms with Crippen LogP contribution in [0.2, 0.25) is 0 Å². The van der Waals surface area contributed by atoms with Gasteiger partial charge >= 0.3 is 5.97 Å². The summed E-state index contributed by atoms with van der Waals surface area (Å²) in [4.78, 5) is 15.8.